The smallest absolute Gasteiger partial charge is 0.303 e. The number of hydrogen-bond donors (Lipinski definition) is 2. The van der Waals surface area contributed by atoms with Crippen molar-refractivity contribution in [3.63, 3.8) is 0 Å². The molecule has 1 unspecified atom stereocenters. The Hall–Kier alpha value is -1.90. The monoisotopic (exact) mass is 722 g/mol. The summed E-state index contributed by atoms with van der Waals surface area (Å²) in [5.74, 6) is -0.288. The maximum Gasteiger partial charge on any atom is 0.303 e. The highest BCUT2D eigenvalue weighted by atomic mass is 79.9. The van der Waals surface area contributed by atoms with Gasteiger partial charge in [-0.2, -0.15) is 0 Å². The zero-order valence-corrected chi connectivity index (χ0v) is 30.0. The zero-order valence-electron chi connectivity index (χ0n) is 28.4. The number of aliphatic hydroxyl groups is 2. The van der Waals surface area contributed by atoms with Crippen molar-refractivity contribution in [1.29, 1.82) is 0 Å². The van der Waals surface area contributed by atoms with E-state index in [2.05, 4.69) is 25.6 Å². The number of hydrogen-bond acceptors (Lipinski definition) is 9. The molecule has 262 valence electrons. The fourth-order valence-electron chi connectivity index (χ4n) is 7.48. The highest BCUT2D eigenvalue weighted by Crippen LogP contribution is 2.50. The van der Waals surface area contributed by atoms with E-state index >= 15 is 0 Å². The van der Waals surface area contributed by atoms with Gasteiger partial charge in [0.2, 0.25) is 16.8 Å². The average Bonchev–Trinajstić information content (AvgIpc) is 3.49. The molecule has 2 N–H and O–H groups in total. The summed E-state index contributed by atoms with van der Waals surface area (Å²) >= 11 is 2.86. The minimum Gasteiger partial charge on any atom is -0.456 e. The van der Waals surface area contributed by atoms with Crippen molar-refractivity contribution in [2.24, 2.45) is 5.41 Å². The number of rotatable bonds is 5. The molecule has 2 aliphatic carbocycles. The van der Waals surface area contributed by atoms with E-state index in [1.807, 2.05) is 46.8 Å². The lowest BCUT2D eigenvalue weighted by atomic mass is 9.76. The molecule has 0 radical (unpaired) electrons. The highest BCUT2D eigenvalue weighted by molar-refractivity contribution is 9.18. The molecule has 6 rings (SSSR count). The molecule has 13 atom stereocenters. The Labute approximate surface area is 287 Å². The van der Waals surface area contributed by atoms with Crippen LogP contribution in [-0.4, -0.2) is 99.1 Å². The van der Waals surface area contributed by atoms with Crippen LogP contribution >= 0.6 is 15.9 Å². The molecule has 47 heavy (non-hydrogen) atoms. The van der Waals surface area contributed by atoms with Gasteiger partial charge in [-0.05, 0) is 47.7 Å². The average molecular weight is 724 g/mol. The maximum absolute atomic E-state index is 11.1. The lowest BCUT2D eigenvalue weighted by molar-refractivity contribution is -0.178. The van der Waals surface area contributed by atoms with Crippen LogP contribution in [0.15, 0.2) is 12.2 Å². The van der Waals surface area contributed by atoms with Crippen molar-refractivity contribution in [1.82, 2.24) is 0 Å². The second-order valence-corrected chi connectivity index (χ2v) is 15.8. The van der Waals surface area contributed by atoms with Gasteiger partial charge < -0.3 is 43.6 Å². The predicted molar refractivity (Wildman–Crippen MR) is 176 cm³/mol. The molecule has 4 heterocycles. The Morgan fingerprint density at radius 2 is 1.49 bits per heavy atom. The van der Waals surface area contributed by atoms with Crippen LogP contribution in [-0.2, 0) is 33.3 Å². The van der Waals surface area contributed by atoms with Gasteiger partial charge in [-0.25, -0.2) is 13.1 Å². The van der Waals surface area contributed by atoms with E-state index in [4.69, 9.17) is 36.8 Å². The lowest BCUT2D eigenvalue weighted by Crippen LogP contribution is -2.54. The van der Waals surface area contributed by atoms with Gasteiger partial charge in [-0.15, -0.1) is 0 Å². The number of halogens is 1. The van der Waals surface area contributed by atoms with Crippen molar-refractivity contribution in [2.45, 2.75) is 178 Å². The third kappa shape index (κ3) is 9.02. The minimum atomic E-state index is -0.791. The molecule has 0 amide bonds. The molecule has 0 aromatic heterocycles. The number of ether oxygens (including phenoxy) is 5. The van der Waals surface area contributed by atoms with Gasteiger partial charge >= 0.3 is 5.97 Å². The Balaban J connectivity index is 0.000000178. The second-order valence-electron chi connectivity index (χ2n) is 15.0. The molecular weight excluding hydrogens is 672 g/mol. The summed E-state index contributed by atoms with van der Waals surface area (Å²) in [6.07, 6.45) is 8.85. The summed E-state index contributed by atoms with van der Waals surface area (Å²) in [6.45, 7) is 25.0. The Bertz CT molecular complexity index is 1240. The van der Waals surface area contributed by atoms with E-state index in [1.165, 1.54) is 6.92 Å². The molecule has 6 aliphatic rings. The van der Waals surface area contributed by atoms with Crippen molar-refractivity contribution >= 4 is 26.6 Å². The van der Waals surface area contributed by atoms with Gasteiger partial charge in [0.05, 0.1) is 42.2 Å². The third-order valence-corrected chi connectivity index (χ3v) is 11.2. The van der Waals surface area contributed by atoms with Crippen molar-refractivity contribution in [3.8, 4) is 0 Å². The lowest BCUT2D eigenvalue weighted by Gasteiger charge is -2.44. The normalized spacial score (nSPS) is 40.8. The first-order valence-electron chi connectivity index (χ1n) is 16.8. The molecule has 0 aromatic carbocycles. The molecule has 5 fully saturated rings. The molecule has 0 aromatic rings. The number of aliphatic hydroxyl groups excluding tert-OH is 2. The van der Waals surface area contributed by atoms with Crippen LogP contribution in [0.4, 0.5) is 0 Å². The quantitative estimate of drug-likeness (QED) is 0.172. The summed E-state index contributed by atoms with van der Waals surface area (Å²) in [5, 5.41) is 19.8. The summed E-state index contributed by atoms with van der Waals surface area (Å²) in [4.78, 5) is 28.6. The fraction of sp³-hybridized carbons (Fsp3) is 0.829. The van der Waals surface area contributed by atoms with E-state index in [1.54, 1.807) is 0 Å². The summed E-state index contributed by atoms with van der Waals surface area (Å²) in [5.41, 5.74) is -1.04. The third-order valence-electron chi connectivity index (χ3n) is 9.97. The largest absolute Gasteiger partial charge is 0.456 e. The first kappa shape index (κ1) is 37.9. The van der Waals surface area contributed by atoms with E-state index in [9.17, 15) is 19.8 Å². The maximum atomic E-state index is 11.1. The van der Waals surface area contributed by atoms with Gasteiger partial charge in [-0.1, -0.05) is 26.8 Å². The Kier molecular flexibility index (Phi) is 12.4. The molecule has 4 bridgehead atoms. The first-order chi connectivity index (χ1) is 22.0. The van der Waals surface area contributed by atoms with E-state index in [0.29, 0.717) is 12.8 Å². The topological polar surface area (TPSA) is 129 Å². The highest BCUT2D eigenvalue weighted by Gasteiger charge is 2.60. The molecule has 4 saturated heterocycles. The van der Waals surface area contributed by atoms with Gasteiger partial charge in [0.25, 0.3) is 0 Å². The number of nitrogens with zero attached hydrogens (tertiary/aromatic N) is 2. The Morgan fingerprint density at radius 3 is 2.04 bits per heavy atom. The molecular formula is C35H51BrN2O9. The first-order valence-corrected chi connectivity index (χ1v) is 17.6. The number of carbonyl (C=O) groups excluding carboxylic acids is 2. The minimum absolute atomic E-state index is 0.0104. The molecule has 12 heteroatoms. The standard InChI is InChI=1S/C16H21NO4.C14H21NO4.C5H9BrO/c1-10(17-3)8-12-4-5-15-16(21-12)7-6-13(19-11(2)18)14(9-16)20-15;1-8(15-2)5-9-3-4-12-14(19-9)6-10(16)13(17)11(7-14)18-12;1-5(2,3)4(6)7/h6-7,10,12-15H,4-5,8-9H2,1-2H3;8-13,16-17H,3-7H2,1H3;1-3H3/t10-,12-,13-,14-,15+,16+;8-,9-,10-,11-,12+,13?,14+;/m11./s1. The van der Waals surface area contributed by atoms with Crippen LogP contribution in [0.25, 0.3) is 9.69 Å². The van der Waals surface area contributed by atoms with Crippen molar-refractivity contribution < 1.29 is 43.5 Å². The molecule has 4 aliphatic heterocycles. The van der Waals surface area contributed by atoms with Crippen LogP contribution in [0.1, 0.15) is 99.3 Å². The molecule has 1 saturated carbocycles. The summed E-state index contributed by atoms with van der Waals surface area (Å²) < 4.78 is 29.8. The van der Waals surface area contributed by atoms with Crippen molar-refractivity contribution in [2.75, 3.05) is 0 Å². The summed E-state index contributed by atoms with van der Waals surface area (Å²) in [7, 11) is 0. The van der Waals surface area contributed by atoms with Crippen LogP contribution in [0.2, 0.25) is 0 Å². The summed E-state index contributed by atoms with van der Waals surface area (Å²) in [6, 6.07) is -0.0439. The van der Waals surface area contributed by atoms with Gasteiger partial charge in [-0.3, -0.25) is 9.59 Å². The van der Waals surface area contributed by atoms with Crippen molar-refractivity contribution in [3.05, 3.63) is 35.0 Å². The van der Waals surface area contributed by atoms with Gasteiger partial charge in [0.15, 0.2) is 0 Å². The Morgan fingerprint density at radius 1 is 0.936 bits per heavy atom. The molecule has 2 spiro atoms. The zero-order chi connectivity index (χ0) is 34.7. The van der Waals surface area contributed by atoms with Crippen LogP contribution in [0.3, 0.4) is 0 Å². The number of fused-ring (bicyclic) bond motifs is 2. The van der Waals surface area contributed by atoms with E-state index in [0.717, 1.165) is 44.9 Å². The van der Waals surface area contributed by atoms with E-state index < -0.39 is 17.8 Å². The van der Waals surface area contributed by atoms with E-state index in [-0.39, 0.29) is 76.5 Å². The SMILES string of the molecule is CC(C)(C)C(=O)Br.[C-]#[N+][C@H](C)C[C@H]1CC[C@@H]2O[C@@H]3C[C@]2(C=C[C@H]3OC(C)=O)O1.[C-]#[N+][C@H](C)C[C@H]1CC[C@@H]2O[C@@H]3C[C@]2(C[C@@H](O)C3O)O1. The number of esters is 1. The fourth-order valence-corrected chi connectivity index (χ4v) is 7.48. The van der Waals surface area contributed by atoms with Crippen LogP contribution < -0.4 is 0 Å². The molecule has 11 nitrogen and oxygen atoms in total. The van der Waals surface area contributed by atoms with Crippen LogP contribution in [0, 0.1) is 18.6 Å². The number of carbonyl (C=O) groups is 2. The second kappa shape index (κ2) is 15.3. The van der Waals surface area contributed by atoms with Gasteiger partial charge in [0.1, 0.15) is 23.9 Å². The predicted octanol–water partition coefficient (Wildman–Crippen LogP) is 5.10. The van der Waals surface area contributed by atoms with Crippen LogP contribution in [0.5, 0.6) is 0 Å². The van der Waals surface area contributed by atoms with Gasteiger partial charge in [0, 0.05) is 58.3 Å².